The molecule has 0 radical (unpaired) electrons. The first-order chi connectivity index (χ1) is 10.6. The molecule has 1 atom stereocenters. The van der Waals surface area contributed by atoms with Crippen LogP contribution in [0.15, 0.2) is 12.1 Å². The molecule has 1 unspecified atom stereocenters. The molecule has 1 amide bonds. The van der Waals surface area contributed by atoms with Crippen LogP contribution in [-0.4, -0.2) is 32.2 Å². The van der Waals surface area contributed by atoms with Crippen LogP contribution in [0.2, 0.25) is 5.02 Å². The van der Waals surface area contributed by atoms with Gasteiger partial charge < -0.3 is 24.3 Å². The fourth-order valence-corrected chi connectivity index (χ4v) is 2.19. The first-order valence-electron chi connectivity index (χ1n) is 6.96. The zero-order chi connectivity index (χ0) is 17.8. The molecule has 0 heterocycles. The molecule has 1 N–H and O–H groups in total. The Morgan fingerprint density at radius 2 is 1.78 bits per heavy atom. The Bertz CT molecular complexity index is 597. The van der Waals surface area contributed by atoms with E-state index in [1.807, 2.05) is 0 Å². The third-order valence-electron chi connectivity index (χ3n) is 3.03. The number of rotatable bonds is 5. The Hall–Kier alpha value is -1.95. The predicted molar refractivity (Wildman–Crippen MR) is 87.3 cm³/mol. The highest BCUT2D eigenvalue weighted by atomic mass is 35.5. The normalized spacial score (nSPS) is 13.7. The second kappa shape index (κ2) is 7.08. The Balaban J connectivity index is 3.20. The fraction of sp³-hybridized carbons (Fsp3) is 0.500. The number of hydrogen-bond donors (Lipinski definition) is 1. The lowest BCUT2D eigenvalue weighted by atomic mass is 9.93. The summed E-state index contributed by atoms with van der Waals surface area (Å²) in [5.41, 5.74) is -1.56. The second-order valence-electron chi connectivity index (χ2n) is 6.14. The molecule has 0 spiro atoms. The van der Waals surface area contributed by atoms with Crippen molar-refractivity contribution < 1.29 is 23.8 Å². The van der Waals surface area contributed by atoms with E-state index in [0.29, 0.717) is 23.3 Å². The monoisotopic (exact) mass is 343 g/mol. The number of amides is 1. The van der Waals surface area contributed by atoms with E-state index in [4.69, 9.17) is 25.8 Å². The second-order valence-corrected chi connectivity index (χ2v) is 6.55. The molecule has 23 heavy (non-hydrogen) atoms. The van der Waals surface area contributed by atoms with E-state index in [1.165, 1.54) is 20.3 Å². The van der Waals surface area contributed by atoms with Gasteiger partial charge in [-0.15, -0.1) is 0 Å². The molecule has 0 aromatic heterocycles. The lowest BCUT2D eigenvalue weighted by Gasteiger charge is -2.28. The summed E-state index contributed by atoms with van der Waals surface area (Å²) < 4.78 is 15.6. The van der Waals surface area contributed by atoms with Gasteiger partial charge in [-0.3, -0.25) is 0 Å². The summed E-state index contributed by atoms with van der Waals surface area (Å²) in [4.78, 5) is 23.6. The van der Waals surface area contributed by atoms with Gasteiger partial charge in [-0.2, -0.15) is 0 Å². The number of ether oxygens (including phenoxy) is 3. The quantitative estimate of drug-likeness (QED) is 0.830. The van der Waals surface area contributed by atoms with Crippen LogP contribution in [0.5, 0.6) is 11.5 Å². The SMILES string of the molecule is COc1cc(C(C)(C=O)NC(=O)OC(C)(C)C)cc(Cl)c1OC. The topological polar surface area (TPSA) is 73.9 Å². The number of benzene rings is 1. The number of nitrogens with one attached hydrogen (secondary N) is 1. The van der Waals surface area contributed by atoms with Crippen molar-refractivity contribution in [1.29, 1.82) is 0 Å². The minimum atomic E-state index is -1.33. The summed E-state index contributed by atoms with van der Waals surface area (Å²) in [5.74, 6) is 0.706. The molecule has 0 aliphatic heterocycles. The molecule has 0 saturated carbocycles. The van der Waals surface area contributed by atoms with E-state index >= 15 is 0 Å². The Morgan fingerprint density at radius 1 is 1.17 bits per heavy atom. The van der Waals surface area contributed by atoms with Crippen LogP contribution in [0.25, 0.3) is 0 Å². The molecule has 1 aromatic rings. The van der Waals surface area contributed by atoms with E-state index in [1.54, 1.807) is 33.8 Å². The van der Waals surface area contributed by atoms with Gasteiger partial charge >= 0.3 is 6.09 Å². The van der Waals surface area contributed by atoms with Crippen LogP contribution in [0.3, 0.4) is 0 Å². The lowest BCUT2D eigenvalue weighted by Crippen LogP contribution is -2.47. The molecule has 7 heteroatoms. The summed E-state index contributed by atoms with van der Waals surface area (Å²) in [6.45, 7) is 6.75. The van der Waals surface area contributed by atoms with Crippen molar-refractivity contribution in [1.82, 2.24) is 5.32 Å². The molecule has 0 bridgehead atoms. The molecular weight excluding hydrogens is 322 g/mol. The van der Waals surface area contributed by atoms with Crippen molar-refractivity contribution in [3.8, 4) is 11.5 Å². The molecular formula is C16H22ClNO5. The van der Waals surface area contributed by atoms with Crippen molar-refractivity contribution in [3.63, 3.8) is 0 Å². The number of halogens is 1. The Kier molecular flexibility index (Phi) is 5.88. The van der Waals surface area contributed by atoms with Gasteiger partial charge in [-0.05, 0) is 45.4 Å². The number of carbonyl (C=O) groups is 2. The van der Waals surface area contributed by atoms with Crippen LogP contribution in [0.1, 0.15) is 33.3 Å². The Morgan fingerprint density at radius 3 is 2.22 bits per heavy atom. The molecule has 0 aliphatic rings. The average Bonchev–Trinajstić information content (AvgIpc) is 2.43. The predicted octanol–water partition coefficient (Wildman–Crippen LogP) is 3.30. The zero-order valence-electron chi connectivity index (χ0n) is 14.2. The minimum absolute atomic E-state index is 0.265. The first kappa shape index (κ1) is 19.1. The number of carbonyl (C=O) groups excluding carboxylic acids is 2. The van der Waals surface area contributed by atoms with Gasteiger partial charge in [-0.25, -0.2) is 4.79 Å². The summed E-state index contributed by atoms with van der Waals surface area (Å²) in [5, 5.41) is 2.81. The number of hydrogen-bond acceptors (Lipinski definition) is 5. The smallest absolute Gasteiger partial charge is 0.408 e. The third kappa shape index (κ3) is 4.76. The van der Waals surface area contributed by atoms with Crippen molar-refractivity contribution >= 4 is 24.0 Å². The Labute approximate surface area is 141 Å². The van der Waals surface area contributed by atoms with Crippen LogP contribution in [-0.2, 0) is 15.1 Å². The molecule has 6 nitrogen and oxygen atoms in total. The number of methoxy groups -OCH3 is 2. The van der Waals surface area contributed by atoms with E-state index in [9.17, 15) is 9.59 Å². The van der Waals surface area contributed by atoms with E-state index in [2.05, 4.69) is 5.32 Å². The maximum absolute atomic E-state index is 12.0. The molecule has 128 valence electrons. The molecule has 0 aliphatic carbocycles. The van der Waals surface area contributed by atoms with Gasteiger partial charge in [0.15, 0.2) is 11.5 Å². The fourth-order valence-electron chi connectivity index (χ4n) is 1.90. The van der Waals surface area contributed by atoms with Crippen molar-refractivity contribution in [2.24, 2.45) is 0 Å². The van der Waals surface area contributed by atoms with Gasteiger partial charge in [0.2, 0.25) is 0 Å². The van der Waals surface area contributed by atoms with Crippen LogP contribution < -0.4 is 14.8 Å². The summed E-state index contributed by atoms with van der Waals surface area (Å²) in [7, 11) is 2.92. The van der Waals surface area contributed by atoms with Gasteiger partial charge in [0, 0.05) is 0 Å². The van der Waals surface area contributed by atoms with Crippen LogP contribution in [0, 0.1) is 0 Å². The highest BCUT2D eigenvalue weighted by Gasteiger charge is 2.32. The minimum Gasteiger partial charge on any atom is -0.493 e. The van der Waals surface area contributed by atoms with E-state index in [0.717, 1.165) is 0 Å². The number of aldehydes is 1. The molecule has 0 saturated heterocycles. The van der Waals surface area contributed by atoms with Crippen molar-refractivity contribution in [2.45, 2.75) is 38.8 Å². The highest BCUT2D eigenvalue weighted by molar-refractivity contribution is 6.32. The van der Waals surface area contributed by atoms with Crippen LogP contribution >= 0.6 is 11.6 Å². The van der Waals surface area contributed by atoms with Gasteiger partial charge in [-0.1, -0.05) is 11.6 Å². The van der Waals surface area contributed by atoms with Crippen LogP contribution in [0.4, 0.5) is 4.79 Å². The summed E-state index contributed by atoms with van der Waals surface area (Å²) >= 11 is 6.15. The zero-order valence-corrected chi connectivity index (χ0v) is 14.9. The lowest BCUT2D eigenvalue weighted by molar-refractivity contribution is -0.113. The first-order valence-corrected chi connectivity index (χ1v) is 7.33. The van der Waals surface area contributed by atoms with Crippen molar-refractivity contribution in [3.05, 3.63) is 22.7 Å². The highest BCUT2D eigenvalue weighted by Crippen LogP contribution is 2.38. The van der Waals surface area contributed by atoms with E-state index in [-0.39, 0.29) is 5.02 Å². The molecule has 1 rings (SSSR count). The molecule has 0 fully saturated rings. The standard InChI is InChI=1S/C16H22ClNO5/c1-15(2,3)23-14(20)18-16(4,9-19)10-7-11(17)13(22-6)12(8-10)21-5/h7-9H,1-6H3,(H,18,20). The van der Waals surface area contributed by atoms with Gasteiger partial charge in [0.1, 0.15) is 17.4 Å². The summed E-state index contributed by atoms with van der Waals surface area (Å²) in [6, 6.07) is 3.12. The summed E-state index contributed by atoms with van der Waals surface area (Å²) in [6.07, 6.45) is -0.105. The van der Waals surface area contributed by atoms with Gasteiger partial charge in [0.05, 0.1) is 19.2 Å². The molecule has 1 aromatic carbocycles. The van der Waals surface area contributed by atoms with Crippen molar-refractivity contribution in [2.75, 3.05) is 14.2 Å². The van der Waals surface area contributed by atoms with Gasteiger partial charge in [0.25, 0.3) is 0 Å². The third-order valence-corrected chi connectivity index (χ3v) is 3.31. The average molecular weight is 344 g/mol. The maximum Gasteiger partial charge on any atom is 0.408 e. The number of alkyl carbamates (subject to hydrolysis) is 1. The largest absolute Gasteiger partial charge is 0.493 e. The maximum atomic E-state index is 12.0. The van der Waals surface area contributed by atoms with E-state index < -0.39 is 17.2 Å².